The van der Waals surface area contributed by atoms with Gasteiger partial charge in [-0.2, -0.15) is 10.2 Å². The topological polar surface area (TPSA) is 92.7 Å². The Morgan fingerprint density at radius 1 is 1.47 bits per heavy atom. The van der Waals surface area contributed by atoms with Gasteiger partial charge in [0, 0.05) is 19.4 Å². The van der Waals surface area contributed by atoms with Gasteiger partial charge in [0.2, 0.25) is 0 Å². The van der Waals surface area contributed by atoms with Crippen LogP contribution in [0, 0.1) is 0 Å². The normalized spacial score (nSPS) is 11.5. The minimum absolute atomic E-state index is 0.117. The van der Waals surface area contributed by atoms with Crippen LogP contribution in [0.1, 0.15) is 0 Å². The summed E-state index contributed by atoms with van der Waals surface area (Å²) in [6, 6.07) is 0. The summed E-state index contributed by atoms with van der Waals surface area (Å²) in [7, 11) is -1.91. The molecule has 2 aromatic heterocycles. The summed E-state index contributed by atoms with van der Waals surface area (Å²) in [4.78, 5) is 0.117. The highest BCUT2D eigenvalue weighted by Gasteiger charge is 2.16. The number of sulfonamides is 1. The molecule has 0 atom stereocenters. The quantitative estimate of drug-likeness (QED) is 0.768. The molecule has 0 aliphatic rings. The molecule has 2 heterocycles. The highest BCUT2D eigenvalue weighted by atomic mass is 32.2. The van der Waals surface area contributed by atoms with Gasteiger partial charge in [-0.25, -0.2) is 8.42 Å². The molecular weight excluding hydrogens is 218 g/mol. The van der Waals surface area contributed by atoms with E-state index in [2.05, 4.69) is 20.0 Å². The van der Waals surface area contributed by atoms with Gasteiger partial charge in [0.15, 0.2) is 0 Å². The number of nitrogens with one attached hydrogen (secondary N) is 2. The van der Waals surface area contributed by atoms with E-state index in [1.165, 1.54) is 29.5 Å². The highest BCUT2D eigenvalue weighted by Crippen LogP contribution is 2.12. The lowest BCUT2D eigenvalue weighted by Gasteiger charge is -2.01. The number of nitrogens with zero attached hydrogens (tertiary/aromatic N) is 3. The average molecular weight is 227 g/mol. The minimum Gasteiger partial charge on any atom is -0.284 e. The molecule has 0 spiro atoms. The fourth-order valence-corrected chi connectivity index (χ4v) is 2.08. The van der Waals surface area contributed by atoms with Crippen LogP contribution in [0.4, 0.5) is 5.69 Å². The van der Waals surface area contributed by atoms with Gasteiger partial charge in [-0.1, -0.05) is 0 Å². The molecule has 2 rings (SSSR count). The minimum atomic E-state index is -3.56. The van der Waals surface area contributed by atoms with Crippen molar-refractivity contribution in [3.63, 3.8) is 0 Å². The van der Waals surface area contributed by atoms with Crippen molar-refractivity contribution in [1.29, 1.82) is 0 Å². The number of rotatable bonds is 3. The van der Waals surface area contributed by atoms with Crippen LogP contribution in [-0.4, -0.2) is 28.4 Å². The van der Waals surface area contributed by atoms with Crippen molar-refractivity contribution in [2.45, 2.75) is 4.90 Å². The van der Waals surface area contributed by atoms with E-state index >= 15 is 0 Å². The molecule has 2 N–H and O–H groups in total. The summed E-state index contributed by atoms with van der Waals surface area (Å²) in [5.41, 5.74) is 0.388. The van der Waals surface area contributed by atoms with Crippen LogP contribution in [0.2, 0.25) is 0 Å². The second kappa shape index (κ2) is 3.39. The van der Waals surface area contributed by atoms with E-state index in [4.69, 9.17) is 0 Å². The Morgan fingerprint density at radius 2 is 2.27 bits per heavy atom. The van der Waals surface area contributed by atoms with Gasteiger partial charge in [-0.3, -0.25) is 14.5 Å². The van der Waals surface area contributed by atoms with Gasteiger partial charge in [0.05, 0.1) is 18.1 Å². The first kappa shape index (κ1) is 9.71. The van der Waals surface area contributed by atoms with Crippen LogP contribution < -0.4 is 4.72 Å². The van der Waals surface area contributed by atoms with Crippen molar-refractivity contribution < 1.29 is 8.42 Å². The number of aromatic amines is 1. The van der Waals surface area contributed by atoms with E-state index in [0.29, 0.717) is 5.69 Å². The monoisotopic (exact) mass is 227 g/mol. The lowest BCUT2D eigenvalue weighted by molar-refractivity contribution is 0.601. The summed E-state index contributed by atoms with van der Waals surface area (Å²) < 4.78 is 27.2. The van der Waals surface area contributed by atoms with Crippen molar-refractivity contribution >= 4 is 15.7 Å². The predicted octanol–water partition coefficient (Wildman–Crippen LogP) is -0.0560. The molecular formula is C7H9N5O2S. The number of anilines is 1. The van der Waals surface area contributed by atoms with Crippen molar-refractivity contribution in [3.8, 4) is 0 Å². The van der Waals surface area contributed by atoms with Crippen molar-refractivity contribution in [3.05, 3.63) is 24.8 Å². The Morgan fingerprint density at radius 3 is 2.80 bits per heavy atom. The van der Waals surface area contributed by atoms with E-state index in [9.17, 15) is 8.42 Å². The number of H-pyrrole nitrogens is 1. The van der Waals surface area contributed by atoms with Crippen LogP contribution >= 0.6 is 0 Å². The number of aromatic nitrogens is 4. The fourth-order valence-electron chi connectivity index (χ4n) is 1.06. The molecule has 2 aromatic rings. The molecule has 0 aromatic carbocycles. The Labute approximate surface area is 86.2 Å². The van der Waals surface area contributed by atoms with Crippen molar-refractivity contribution in [1.82, 2.24) is 20.0 Å². The summed E-state index contributed by atoms with van der Waals surface area (Å²) in [6.07, 6.45) is 5.53. The molecule has 8 heteroatoms. The largest absolute Gasteiger partial charge is 0.284 e. The van der Waals surface area contributed by atoms with Crippen LogP contribution in [0.3, 0.4) is 0 Å². The first-order valence-electron chi connectivity index (χ1n) is 4.08. The zero-order valence-corrected chi connectivity index (χ0v) is 8.69. The Bertz CT molecular complexity index is 542. The van der Waals surface area contributed by atoms with E-state index in [1.54, 1.807) is 7.05 Å². The number of aryl methyl sites for hydroxylation is 1. The Kier molecular flexibility index (Phi) is 2.19. The van der Waals surface area contributed by atoms with E-state index in [0.717, 1.165) is 0 Å². The number of hydrogen-bond donors (Lipinski definition) is 2. The maximum absolute atomic E-state index is 11.7. The molecule has 0 amide bonds. The maximum atomic E-state index is 11.7. The van der Waals surface area contributed by atoms with Gasteiger partial charge in [-0.15, -0.1) is 0 Å². The molecule has 0 radical (unpaired) electrons. The van der Waals surface area contributed by atoms with E-state index in [1.807, 2.05) is 0 Å². The molecule has 7 nitrogen and oxygen atoms in total. The highest BCUT2D eigenvalue weighted by molar-refractivity contribution is 7.92. The average Bonchev–Trinajstić information content (AvgIpc) is 2.75. The van der Waals surface area contributed by atoms with Crippen molar-refractivity contribution in [2.24, 2.45) is 7.05 Å². The first-order chi connectivity index (χ1) is 7.08. The predicted molar refractivity (Wildman–Crippen MR) is 52.6 cm³/mol. The SMILES string of the molecule is Cn1cc(S(=O)(=O)Nc2cn[nH]c2)cn1. The summed E-state index contributed by atoms with van der Waals surface area (Å²) in [5.74, 6) is 0. The second-order valence-corrected chi connectivity index (χ2v) is 4.62. The molecule has 0 saturated heterocycles. The first-order valence-corrected chi connectivity index (χ1v) is 5.56. The standard InChI is InChI=1S/C7H9N5O2S/c1-12-5-7(4-10-12)15(13,14)11-6-2-8-9-3-6/h2-5,11H,1H3,(H,8,9). The third-order valence-electron chi connectivity index (χ3n) is 1.74. The lowest BCUT2D eigenvalue weighted by Crippen LogP contribution is -2.11. The zero-order valence-electron chi connectivity index (χ0n) is 7.88. The molecule has 0 bridgehead atoms. The van der Waals surface area contributed by atoms with E-state index < -0.39 is 10.0 Å². The Balaban J connectivity index is 2.28. The molecule has 0 aliphatic heterocycles. The zero-order chi connectivity index (χ0) is 10.9. The summed E-state index contributed by atoms with van der Waals surface area (Å²) >= 11 is 0. The van der Waals surface area contributed by atoms with Crippen LogP contribution in [-0.2, 0) is 17.1 Å². The molecule has 0 unspecified atom stereocenters. The van der Waals surface area contributed by atoms with Crippen LogP contribution in [0.5, 0.6) is 0 Å². The summed E-state index contributed by atoms with van der Waals surface area (Å²) in [6.45, 7) is 0. The summed E-state index contributed by atoms with van der Waals surface area (Å²) in [5, 5.41) is 9.93. The van der Waals surface area contributed by atoms with E-state index in [-0.39, 0.29) is 4.90 Å². The molecule has 0 aliphatic carbocycles. The van der Waals surface area contributed by atoms with Gasteiger partial charge in [0.25, 0.3) is 10.0 Å². The van der Waals surface area contributed by atoms with Crippen LogP contribution in [0.15, 0.2) is 29.7 Å². The molecule has 15 heavy (non-hydrogen) atoms. The smallest absolute Gasteiger partial charge is 0.265 e. The molecule has 0 fully saturated rings. The van der Waals surface area contributed by atoms with Crippen LogP contribution in [0.25, 0.3) is 0 Å². The lowest BCUT2D eigenvalue weighted by atomic mass is 10.6. The Hall–Kier alpha value is -1.83. The van der Waals surface area contributed by atoms with Gasteiger partial charge in [0.1, 0.15) is 4.90 Å². The molecule has 0 saturated carbocycles. The molecule has 80 valence electrons. The second-order valence-electron chi connectivity index (χ2n) is 2.94. The van der Waals surface area contributed by atoms with Gasteiger partial charge >= 0.3 is 0 Å². The van der Waals surface area contributed by atoms with Crippen molar-refractivity contribution in [2.75, 3.05) is 4.72 Å². The van der Waals surface area contributed by atoms with Gasteiger partial charge in [-0.05, 0) is 0 Å². The fraction of sp³-hybridized carbons (Fsp3) is 0.143. The third kappa shape index (κ3) is 1.99. The third-order valence-corrected chi connectivity index (χ3v) is 3.08. The number of hydrogen-bond acceptors (Lipinski definition) is 4. The van der Waals surface area contributed by atoms with Gasteiger partial charge < -0.3 is 0 Å². The maximum Gasteiger partial charge on any atom is 0.265 e.